The lowest BCUT2D eigenvalue weighted by Gasteiger charge is -2.34. The topological polar surface area (TPSA) is 24.9 Å². The van der Waals surface area contributed by atoms with E-state index in [1.807, 2.05) is 11.7 Å². The first-order valence-electron chi connectivity index (χ1n) is 7.22. The van der Waals surface area contributed by atoms with Gasteiger partial charge in [-0.15, -0.1) is 11.3 Å². The van der Waals surface area contributed by atoms with Crippen molar-refractivity contribution in [3.8, 4) is 0 Å². The van der Waals surface area contributed by atoms with E-state index in [0.717, 1.165) is 6.54 Å². The molecule has 1 rings (SSSR count). The van der Waals surface area contributed by atoms with Crippen LogP contribution in [0.25, 0.3) is 0 Å². The highest BCUT2D eigenvalue weighted by Crippen LogP contribution is 2.33. The van der Waals surface area contributed by atoms with Crippen molar-refractivity contribution in [1.29, 1.82) is 0 Å². The second kappa shape index (κ2) is 7.90. The van der Waals surface area contributed by atoms with Gasteiger partial charge in [0.05, 0.1) is 5.51 Å². The summed E-state index contributed by atoms with van der Waals surface area (Å²) >= 11 is 1.79. The van der Waals surface area contributed by atoms with E-state index in [1.165, 1.54) is 37.0 Å². The molecule has 104 valence electrons. The van der Waals surface area contributed by atoms with E-state index >= 15 is 0 Å². The lowest BCUT2D eigenvalue weighted by atomic mass is 9.76. The van der Waals surface area contributed by atoms with Crippen LogP contribution in [-0.2, 0) is 6.42 Å². The minimum Gasteiger partial charge on any atom is -0.314 e. The van der Waals surface area contributed by atoms with E-state index in [-0.39, 0.29) is 0 Å². The van der Waals surface area contributed by atoms with Crippen molar-refractivity contribution in [3.63, 3.8) is 0 Å². The highest BCUT2D eigenvalue weighted by Gasteiger charge is 2.28. The largest absolute Gasteiger partial charge is 0.314 e. The Hall–Kier alpha value is -0.410. The number of nitrogens with zero attached hydrogens (tertiary/aromatic N) is 1. The van der Waals surface area contributed by atoms with E-state index in [4.69, 9.17) is 0 Å². The van der Waals surface area contributed by atoms with Crippen molar-refractivity contribution in [1.82, 2.24) is 10.3 Å². The first-order valence-corrected chi connectivity index (χ1v) is 8.10. The fourth-order valence-electron chi connectivity index (χ4n) is 2.34. The molecule has 1 heterocycles. The number of hydrogen-bond donors (Lipinski definition) is 1. The van der Waals surface area contributed by atoms with Crippen LogP contribution in [0.15, 0.2) is 11.7 Å². The van der Waals surface area contributed by atoms with E-state index < -0.39 is 0 Å². The number of aromatic nitrogens is 1. The zero-order chi connectivity index (χ0) is 13.4. The van der Waals surface area contributed by atoms with Crippen LogP contribution in [0.5, 0.6) is 0 Å². The van der Waals surface area contributed by atoms with Crippen LogP contribution in [0.2, 0.25) is 0 Å². The molecule has 1 aromatic rings. The van der Waals surface area contributed by atoms with E-state index in [0.29, 0.717) is 11.5 Å². The molecule has 0 aliphatic rings. The Kier molecular flexibility index (Phi) is 6.87. The van der Waals surface area contributed by atoms with Crippen LogP contribution >= 0.6 is 11.3 Å². The van der Waals surface area contributed by atoms with E-state index in [9.17, 15) is 0 Å². The molecule has 0 saturated carbocycles. The smallest absolute Gasteiger partial charge is 0.0794 e. The van der Waals surface area contributed by atoms with Crippen LogP contribution in [0, 0.1) is 5.41 Å². The van der Waals surface area contributed by atoms with Crippen LogP contribution in [0.1, 0.15) is 58.3 Å². The minimum absolute atomic E-state index is 0.410. The summed E-state index contributed by atoms with van der Waals surface area (Å²) in [6.45, 7) is 10.2. The third kappa shape index (κ3) is 5.07. The zero-order valence-corrected chi connectivity index (χ0v) is 13.1. The first kappa shape index (κ1) is 15.6. The van der Waals surface area contributed by atoms with Gasteiger partial charge in [0.1, 0.15) is 0 Å². The lowest BCUT2D eigenvalue weighted by Crippen LogP contribution is -2.38. The SMILES string of the molecule is CCCCC(CC)(CNC(C)C)Cc1cncs1. The van der Waals surface area contributed by atoms with Crippen molar-refractivity contribution in [2.24, 2.45) is 5.41 Å². The molecule has 18 heavy (non-hydrogen) atoms. The number of thiazole rings is 1. The molecular weight excluding hydrogens is 240 g/mol. The maximum atomic E-state index is 4.21. The molecule has 1 N–H and O–H groups in total. The molecule has 0 spiro atoms. The molecule has 0 bridgehead atoms. The zero-order valence-electron chi connectivity index (χ0n) is 12.3. The second-order valence-electron chi connectivity index (χ2n) is 5.64. The lowest BCUT2D eigenvalue weighted by molar-refractivity contribution is 0.224. The highest BCUT2D eigenvalue weighted by atomic mass is 32.1. The van der Waals surface area contributed by atoms with Crippen LogP contribution in [0.3, 0.4) is 0 Å². The summed E-state index contributed by atoms with van der Waals surface area (Å²) in [5, 5.41) is 3.64. The van der Waals surface area contributed by atoms with Gasteiger partial charge in [0.2, 0.25) is 0 Å². The number of rotatable bonds is 9. The molecule has 0 aliphatic heterocycles. The van der Waals surface area contributed by atoms with Gasteiger partial charge in [-0.1, -0.05) is 40.5 Å². The standard InChI is InChI=1S/C15H28N2S/c1-5-7-8-15(6-2,11-17-13(3)4)9-14-10-16-12-18-14/h10,12-13,17H,5-9,11H2,1-4H3. The minimum atomic E-state index is 0.410. The van der Waals surface area contributed by atoms with Crippen LogP contribution < -0.4 is 5.32 Å². The second-order valence-corrected chi connectivity index (χ2v) is 6.61. The van der Waals surface area contributed by atoms with E-state index in [1.54, 1.807) is 11.3 Å². The van der Waals surface area contributed by atoms with Crippen molar-refractivity contribution >= 4 is 11.3 Å². The Morgan fingerprint density at radius 2 is 2.17 bits per heavy atom. The Balaban J connectivity index is 2.69. The molecular formula is C15H28N2S. The molecule has 3 heteroatoms. The molecule has 0 radical (unpaired) electrons. The van der Waals surface area contributed by atoms with Gasteiger partial charge in [-0.2, -0.15) is 0 Å². The van der Waals surface area contributed by atoms with Crippen LogP contribution in [0.4, 0.5) is 0 Å². The summed E-state index contributed by atoms with van der Waals surface area (Å²) in [6, 6.07) is 0.569. The molecule has 1 aromatic heterocycles. The molecule has 2 nitrogen and oxygen atoms in total. The Morgan fingerprint density at radius 3 is 2.67 bits per heavy atom. The summed E-state index contributed by atoms with van der Waals surface area (Å²) in [6.07, 6.45) is 8.38. The molecule has 1 atom stereocenters. The average molecular weight is 268 g/mol. The Labute approximate surface area is 116 Å². The predicted molar refractivity (Wildman–Crippen MR) is 81.2 cm³/mol. The number of hydrogen-bond acceptors (Lipinski definition) is 3. The average Bonchev–Trinajstić information content (AvgIpc) is 2.85. The molecule has 0 amide bonds. The monoisotopic (exact) mass is 268 g/mol. The summed E-state index contributed by atoms with van der Waals surface area (Å²) in [5.74, 6) is 0. The molecule has 0 saturated heterocycles. The third-order valence-corrected chi connectivity index (χ3v) is 4.51. The van der Waals surface area contributed by atoms with Gasteiger partial charge in [-0.3, -0.25) is 4.98 Å². The highest BCUT2D eigenvalue weighted by molar-refractivity contribution is 7.09. The van der Waals surface area contributed by atoms with Crippen molar-refractivity contribution in [2.75, 3.05) is 6.54 Å². The fourth-order valence-corrected chi connectivity index (χ4v) is 3.11. The van der Waals surface area contributed by atoms with Gasteiger partial charge < -0.3 is 5.32 Å². The maximum Gasteiger partial charge on any atom is 0.0794 e. The molecule has 0 aliphatic carbocycles. The van der Waals surface area contributed by atoms with Gasteiger partial charge in [-0.05, 0) is 24.7 Å². The van der Waals surface area contributed by atoms with Crippen molar-refractivity contribution < 1.29 is 0 Å². The number of nitrogens with one attached hydrogen (secondary N) is 1. The summed E-state index contributed by atoms with van der Waals surface area (Å²) in [4.78, 5) is 5.64. The fraction of sp³-hybridized carbons (Fsp3) is 0.800. The van der Waals surface area contributed by atoms with Crippen molar-refractivity contribution in [3.05, 3.63) is 16.6 Å². The summed E-state index contributed by atoms with van der Waals surface area (Å²) in [7, 11) is 0. The summed E-state index contributed by atoms with van der Waals surface area (Å²) < 4.78 is 0. The van der Waals surface area contributed by atoms with Gasteiger partial charge in [0.25, 0.3) is 0 Å². The van der Waals surface area contributed by atoms with Gasteiger partial charge in [-0.25, -0.2) is 0 Å². The van der Waals surface area contributed by atoms with Crippen molar-refractivity contribution in [2.45, 2.75) is 65.8 Å². The first-order chi connectivity index (χ1) is 8.62. The third-order valence-electron chi connectivity index (χ3n) is 3.73. The van der Waals surface area contributed by atoms with E-state index in [2.05, 4.69) is 38.0 Å². The van der Waals surface area contributed by atoms with Gasteiger partial charge >= 0.3 is 0 Å². The normalized spacial score (nSPS) is 14.9. The van der Waals surface area contributed by atoms with Crippen LogP contribution in [-0.4, -0.2) is 17.6 Å². The molecule has 0 fully saturated rings. The number of unbranched alkanes of at least 4 members (excludes halogenated alkanes) is 1. The van der Waals surface area contributed by atoms with Gasteiger partial charge in [0.15, 0.2) is 0 Å². The maximum absolute atomic E-state index is 4.21. The molecule has 1 unspecified atom stereocenters. The Bertz CT molecular complexity index is 308. The Morgan fingerprint density at radius 1 is 1.39 bits per heavy atom. The summed E-state index contributed by atoms with van der Waals surface area (Å²) in [5.41, 5.74) is 2.36. The predicted octanol–water partition coefficient (Wildman–Crippen LogP) is 4.27. The quantitative estimate of drug-likeness (QED) is 0.723. The molecule has 0 aromatic carbocycles. The van der Waals surface area contributed by atoms with Gasteiger partial charge in [0, 0.05) is 23.7 Å².